The molecule has 3 aromatic rings. The first-order valence-corrected chi connectivity index (χ1v) is 14.1. The van der Waals surface area contributed by atoms with Gasteiger partial charge in [-0.25, -0.2) is 9.79 Å². The molecule has 9 nitrogen and oxygen atoms in total. The number of carbonyl (C=O) groups excluding carboxylic acids is 2. The van der Waals surface area contributed by atoms with E-state index >= 15 is 0 Å². The smallest absolute Gasteiger partial charge is 0.338 e. The molecule has 0 bridgehead atoms. The maximum absolute atomic E-state index is 14.0. The molecule has 39 heavy (non-hydrogen) atoms. The summed E-state index contributed by atoms with van der Waals surface area (Å²) in [6.07, 6.45) is 1.64. The van der Waals surface area contributed by atoms with Gasteiger partial charge >= 0.3 is 11.9 Å². The Morgan fingerprint density at radius 2 is 1.79 bits per heavy atom. The fourth-order valence-corrected chi connectivity index (χ4v) is 6.14. The Balaban J connectivity index is 2.02. The van der Waals surface area contributed by atoms with E-state index in [-0.39, 0.29) is 17.7 Å². The number of benzene rings is 2. The molecule has 4 rings (SSSR count). The van der Waals surface area contributed by atoms with Crippen LogP contribution in [0.1, 0.15) is 37.9 Å². The van der Waals surface area contributed by atoms with Crippen LogP contribution in [0.25, 0.3) is 6.08 Å². The predicted octanol–water partition coefficient (Wildman–Crippen LogP) is 4.27. The number of esters is 2. The van der Waals surface area contributed by atoms with Crippen LogP contribution in [0.2, 0.25) is 0 Å². The lowest BCUT2D eigenvalue weighted by Crippen LogP contribution is -2.40. The lowest BCUT2D eigenvalue weighted by molar-refractivity contribution is -0.139. The topological polar surface area (TPSA) is 105 Å². The molecule has 0 saturated carbocycles. The molecule has 1 aromatic heterocycles. The minimum absolute atomic E-state index is 0.154. The molecule has 0 saturated heterocycles. The number of fused-ring (bicyclic) bond motifs is 1. The summed E-state index contributed by atoms with van der Waals surface area (Å²) < 4.78 is 24.8. The van der Waals surface area contributed by atoms with Gasteiger partial charge < -0.3 is 18.9 Å². The molecular weight excluding hydrogens is 656 g/mol. The van der Waals surface area contributed by atoms with Crippen LogP contribution < -0.4 is 29.1 Å². The van der Waals surface area contributed by atoms with Crippen LogP contribution >= 0.6 is 43.2 Å². The highest BCUT2D eigenvalue weighted by Gasteiger charge is 2.35. The number of nitrogens with zero attached hydrogens (tertiary/aromatic N) is 2. The average Bonchev–Trinajstić information content (AvgIpc) is 3.18. The maximum atomic E-state index is 14.0. The van der Waals surface area contributed by atoms with Crippen LogP contribution in [0.5, 0.6) is 17.2 Å². The van der Waals surface area contributed by atoms with Crippen molar-refractivity contribution in [3.8, 4) is 17.2 Å². The molecule has 2 heterocycles. The van der Waals surface area contributed by atoms with Gasteiger partial charge in [-0.2, -0.15) is 0 Å². The Morgan fingerprint density at radius 1 is 1.10 bits per heavy atom. The second-order valence-electron chi connectivity index (χ2n) is 8.31. The molecular formula is C27H24Br2N2O7S. The molecule has 1 aliphatic rings. The summed E-state index contributed by atoms with van der Waals surface area (Å²) in [5.41, 5.74) is 1.38. The molecule has 204 valence electrons. The number of carbonyl (C=O) groups is 2. The molecule has 0 spiro atoms. The van der Waals surface area contributed by atoms with Gasteiger partial charge in [0.2, 0.25) is 0 Å². The minimum atomic E-state index is -0.868. The standard InChI is InChI=1S/C27H24Br2N2O7S/c1-6-37-26(34)23-13(2)30-27-31(24(23)17-11-20(35-4)21(36-5)12-18(17)29)25(33)22(39-27)10-15-9-16(28)7-8-19(15)38-14(3)32/h7-12,24H,6H2,1-5H3/b22-10-/t24-/m1/s1. The number of halogens is 2. The second kappa shape index (κ2) is 11.9. The van der Waals surface area contributed by atoms with Gasteiger partial charge in [0.25, 0.3) is 5.56 Å². The van der Waals surface area contributed by atoms with E-state index in [4.69, 9.17) is 18.9 Å². The van der Waals surface area contributed by atoms with Crippen LogP contribution in [0, 0.1) is 0 Å². The van der Waals surface area contributed by atoms with Gasteiger partial charge in [0, 0.05) is 21.4 Å². The van der Waals surface area contributed by atoms with Gasteiger partial charge in [-0.1, -0.05) is 43.2 Å². The number of methoxy groups -OCH3 is 2. The molecule has 12 heteroatoms. The van der Waals surface area contributed by atoms with Crippen molar-refractivity contribution in [2.45, 2.75) is 26.8 Å². The van der Waals surface area contributed by atoms with E-state index in [0.717, 1.165) is 15.8 Å². The van der Waals surface area contributed by atoms with Crippen molar-refractivity contribution in [3.05, 3.63) is 81.4 Å². The van der Waals surface area contributed by atoms with Gasteiger partial charge in [0.15, 0.2) is 16.3 Å². The Bertz CT molecular complexity index is 1690. The molecule has 0 N–H and O–H groups in total. The Kier molecular flexibility index (Phi) is 8.77. The zero-order valence-corrected chi connectivity index (χ0v) is 25.7. The summed E-state index contributed by atoms with van der Waals surface area (Å²) in [7, 11) is 3.03. The third kappa shape index (κ3) is 5.73. The molecule has 0 unspecified atom stereocenters. The van der Waals surface area contributed by atoms with E-state index < -0.39 is 18.0 Å². The van der Waals surface area contributed by atoms with E-state index in [0.29, 0.717) is 47.9 Å². The van der Waals surface area contributed by atoms with Gasteiger partial charge in [-0.05, 0) is 55.8 Å². The van der Waals surface area contributed by atoms with Crippen molar-refractivity contribution < 1.29 is 28.5 Å². The molecule has 1 atom stereocenters. The number of hydrogen-bond donors (Lipinski definition) is 0. The van der Waals surface area contributed by atoms with Crippen molar-refractivity contribution in [2.24, 2.45) is 4.99 Å². The maximum Gasteiger partial charge on any atom is 0.338 e. The van der Waals surface area contributed by atoms with Crippen LogP contribution in [0.15, 0.2) is 60.3 Å². The van der Waals surface area contributed by atoms with Crippen molar-refractivity contribution in [3.63, 3.8) is 0 Å². The lowest BCUT2D eigenvalue weighted by Gasteiger charge is -2.26. The van der Waals surface area contributed by atoms with E-state index in [1.165, 1.54) is 25.7 Å². The largest absolute Gasteiger partial charge is 0.493 e. The summed E-state index contributed by atoms with van der Waals surface area (Å²) in [4.78, 5) is 43.8. The highest BCUT2D eigenvalue weighted by molar-refractivity contribution is 9.10. The summed E-state index contributed by atoms with van der Waals surface area (Å²) in [5.74, 6) is 0.145. The van der Waals surface area contributed by atoms with Crippen molar-refractivity contribution in [1.29, 1.82) is 0 Å². The van der Waals surface area contributed by atoms with E-state index in [1.54, 1.807) is 50.3 Å². The summed E-state index contributed by atoms with van der Waals surface area (Å²) in [6, 6.07) is 7.69. The van der Waals surface area contributed by atoms with Crippen molar-refractivity contribution in [1.82, 2.24) is 4.57 Å². The van der Waals surface area contributed by atoms with Gasteiger partial charge in [0.1, 0.15) is 5.75 Å². The van der Waals surface area contributed by atoms with E-state index in [1.807, 2.05) is 0 Å². The highest BCUT2D eigenvalue weighted by atomic mass is 79.9. The Hall–Kier alpha value is -3.22. The molecule has 0 amide bonds. The van der Waals surface area contributed by atoms with E-state index in [2.05, 4.69) is 36.9 Å². The summed E-state index contributed by atoms with van der Waals surface area (Å²) in [6.45, 7) is 4.88. The number of rotatable bonds is 7. The number of ether oxygens (including phenoxy) is 4. The fraction of sp³-hybridized carbons (Fsp3) is 0.259. The van der Waals surface area contributed by atoms with Crippen LogP contribution in [-0.4, -0.2) is 37.3 Å². The molecule has 2 aromatic carbocycles. The molecule has 0 radical (unpaired) electrons. The quantitative estimate of drug-likeness (QED) is 0.271. The van der Waals surface area contributed by atoms with Crippen LogP contribution in [0.4, 0.5) is 0 Å². The molecule has 0 aliphatic carbocycles. The average molecular weight is 680 g/mol. The van der Waals surface area contributed by atoms with Crippen LogP contribution in [-0.2, 0) is 14.3 Å². The second-order valence-corrected chi connectivity index (χ2v) is 11.1. The SMILES string of the molecule is CCOC(=O)C1=C(C)N=c2s/c(=C\c3cc(Br)ccc3OC(C)=O)c(=O)n2[C@@H]1c1cc(OC)c(OC)cc1Br. The first-order chi connectivity index (χ1) is 18.6. The zero-order valence-electron chi connectivity index (χ0n) is 21.7. The van der Waals surface area contributed by atoms with E-state index in [9.17, 15) is 14.4 Å². The van der Waals surface area contributed by atoms with Crippen molar-refractivity contribution in [2.75, 3.05) is 20.8 Å². The highest BCUT2D eigenvalue weighted by Crippen LogP contribution is 2.40. The predicted molar refractivity (Wildman–Crippen MR) is 153 cm³/mol. The third-order valence-corrected chi connectivity index (χ3v) is 7.99. The number of thiazole rings is 1. The normalized spacial score (nSPS) is 14.9. The monoisotopic (exact) mass is 678 g/mol. The summed E-state index contributed by atoms with van der Waals surface area (Å²) >= 11 is 8.17. The third-order valence-electron chi connectivity index (χ3n) is 5.83. The van der Waals surface area contributed by atoms with Gasteiger partial charge in [0.05, 0.1) is 42.7 Å². The first-order valence-electron chi connectivity index (χ1n) is 11.7. The van der Waals surface area contributed by atoms with Crippen molar-refractivity contribution >= 4 is 61.2 Å². The molecule has 0 fully saturated rings. The van der Waals surface area contributed by atoms with Gasteiger partial charge in [-0.15, -0.1) is 0 Å². The lowest BCUT2D eigenvalue weighted by atomic mass is 9.95. The Labute approximate surface area is 244 Å². The summed E-state index contributed by atoms with van der Waals surface area (Å²) in [5, 5.41) is 0. The Morgan fingerprint density at radius 3 is 2.44 bits per heavy atom. The fourth-order valence-electron chi connectivity index (χ4n) is 4.19. The number of allylic oxidation sites excluding steroid dienone is 1. The number of hydrogen-bond acceptors (Lipinski definition) is 9. The first kappa shape index (κ1) is 28.8. The minimum Gasteiger partial charge on any atom is -0.493 e. The van der Waals surface area contributed by atoms with Gasteiger partial charge in [-0.3, -0.25) is 14.2 Å². The zero-order chi connectivity index (χ0) is 28.4. The number of aromatic nitrogens is 1. The van der Waals surface area contributed by atoms with Crippen LogP contribution in [0.3, 0.4) is 0 Å². The molecule has 1 aliphatic heterocycles.